The van der Waals surface area contributed by atoms with Crippen molar-refractivity contribution in [2.75, 3.05) is 0 Å². The Labute approximate surface area is 108 Å². The lowest BCUT2D eigenvalue weighted by atomic mass is 10.0. The van der Waals surface area contributed by atoms with E-state index in [9.17, 15) is 4.79 Å². The Hall–Kier alpha value is -0.880. The molecule has 4 nitrogen and oxygen atoms in total. The molecule has 1 atom stereocenters. The number of carboxylic acids is 1. The number of hydrogen-bond acceptors (Lipinski definition) is 3. The third kappa shape index (κ3) is 2.27. The molecule has 0 radical (unpaired) electrons. The number of hydrogen-bond donors (Lipinski definition) is 1. The maximum Gasteiger partial charge on any atom is 0.312 e. The van der Waals surface area contributed by atoms with Crippen LogP contribution in [0, 0.1) is 6.92 Å². The summed E-state index contributed by atoms with van der Waals surface area (Å²) in [5, 5.41) is 9.00. The van der Waals surface area contributed by atoms with Gasteiger partial charge in [0.05, 0.1) is 5.69 Å². The van der Waals surface area contributed by atoms with E-state index in [2.05, 4.69) is 4.98 Å². The van der Waals surface area contributed by atoms with Crippen molar-refractivity contribution in [2.45, 2.75) is 26.2 Å². The topological polar surface area (TPSA) is 54.6 Å². The first-order chi connectivity index (χ1) is 7.11. The van der Waals surface area contributed by atoms with Crippen LogP contribution in [0.5, 0.6) is 0 Å². The standard InChI is InChI=1S/C10H12N2O2S.BrH/c1-3-7(9(13)14)8-5-12-4-6(2)15-10(12)11-8;/h4-5,7H,3H2,1-2H3,(H,13,14);1H. The zero-order valence-corrected chi connectivity index (χ0v) is 11.5. The van der Waals surface area contributed by atoms with Crippen molar-refractivity contribution in [1.29, 1.82) is 0 Å². The molecule has 2 heterocycles. The van der Waals surface area contributed by atoms with Gasteiger partial charge in [-0.2, -0.15) is 0 Å². The van der Waals surface area contributed by atoms with E-state index < -0.39 is 11.9 Å². The number of halogens is 1. The summed E-state index contributed by atoms with van der Waals surface area (Å²) >= 11 is 1.57. The minimum Gasteiger partial charge on any atom is -0.481 e. The lowest BCUT2D eigenvalue weighted by molar-refractivity contribution is -0.138. The predicted molar refractivity (Wildman–Crippen MR) is 68.8 cm³/mol. The largest absolute Gasteiger partial charge is 0.481 e. The molecule has 0 amide bonds. The fourth-order valence-electron chi connectivity index (χ4n) is 1.61. The third-order valence-electron chi connectivity index (χ3n) is 2.35. The molecule has 0 aliphatic heterocycles. The summed E-state index contributed by atoms with van der Waals surface area (Å²) in [7, 11) is 0. The molecular formula is C10H13BrN2O2S. The molecule has 0 aromatic carbocycles. The average molecular weight is 305 g/mol. The van der Waals surface area contributed by atoms with E-state index in [-0.39, 0.29) is 17.0 Å². The fraction of sp³-hybridized carbons (Fsp3) is 0.400. The van der Waals surface area contributed by atoms with Crippen LogP contribution < -0.4 is 0 Å². The van der Waals surface area contributed by atoms with E-state index in [1.807, 2.05) is 24.4 Å². The van der Waals surface area contributed by atoms with E-state index in [1.165, 1.54) is 4.88 Å². The normalized spacial score (nSPS) is 12.4. The summed E-state index contributed by atoms with van der Waals surface area (Å²) in [6, 6.07) is 0. The zero-order chi connectivity index (χ0) is 11.0. The summed E-state index contributed by atoms with van der Waals surface area (Å²) in [5.41, 5.74) is 0.649. The van der Waals surface area contributed by atoms with Gasteiger partial charge in [-0.15, -0.1) is 28.3 Å². The Bertz CT molecular complexity index is 474. The Morgan fingerprint density at radius 1 is 1.62 bits per heavy atom. The fourth-order valence-corrected chi connectivity index (χ4v) is 2.42. The highest BCUT2D eigenvalue weighted by atomic mass is 79.9. The van der Waals surface area contributed by atoms with Crippen molar-refractivity contribution in [3.8, 4) is 0 Å². The maximum absolute atomic E-state index is 11.0. The van der Waals surface area contributed by atoms with Crippen LogP contribution in [0.25, 0.3) is 4.96 Å². The van der Waals surface area contributed by atoms with E-state index >= 15 is 0 Å². The van der Waals surface area contributed by atoms with Gasteiger partial charge in [0.2, 0.25) is 0 Å². The van der Waals surface area contributed by atoms with Crippen molar-refractivity contribution in [1.82, 2.24) is 9.38 Å². The van der Waals surface area contributed by atoms with Gasteiger partial charge in [0.1, 0.15) is 5.92 Å². The summed E-state index contributed by atoms with van der Waals surface area (Å²) in [4.78, 5) is 17.3. The first-order valence-corrected chi connectivity index (χ1v) is 5.61. The van der Waals surface area contributed by atoms with Crippen LogP contribution in [0.1, 0.15) is 29.8 Å². The third-order valence-corrected chi connectivity index (χ3v) is 3.27. The molecule has 0 aliphatic carbocycles. The molecule has 0 spiro atoms. The van der Waals surface area contributed by atoms with Gasteiger partial charge in [0, 0.05) is 17.3 Å². The second-order valence-corrected chi connectivity index (χ2v) is 4.71. The van der Waals surface area contributed by atoms with E-state index in [4.69, 9.17) is 5.11 Å². The van der Waals surface area contributed by atoms with Crippen molar-refractivity contribution < 1.29 is 9.90 Å². The number of carbonyl (C=O) groups is 1. The smallest absolute Gasteiger partial charge is 0.312 e. The average Bonchev–Trinajstić information content (AvgIpc) is 2.61. The zero-order valence-electron chi connectivity index (χ0n) is 9.01. The molecule has 6 heteroatoms. The van der Waals surface area contributed by atoms with Crippen molar-refractivity contribution in [2.24, 2.45) is 0 Å². The van der Waals surface area contributed by atoms with Crippen molar-refractivity contribution >= 4 is 39.2 Å². The van der Waals surface area contributed by atoms with Crippen LogP contribution >= 0.6 is 28.3 Å². The molecule has 1 unspecified atom stereocenters. The van der Waals surface area contributed by atoms with Gasteiger partial charge in [-0.1, -0.05) is 6.92 Å². The summed E-state index contributed by atoms with van der Waals surface area (Å²) in [6.45, 7) is 3.87. The highest BCUT2D eigenvalue weighted by Gasteiger charge is 2.21. The Morgan fingerprint density at radius 3 is 2.81 bits per heavy atom. The van der Waals surface area contributed by atoms with Crippen LogP contribution in [0.4, 0.5) is 0 Å². The van der Waals surface area contributed by atoms with E-state index in [1.54, 1.807) is 17.5 Å². The van der Waals surface area contributed by atoms with Crippen LogP contribution in [0.2, 0.25) is 0 Å². The number of thiazole rings is 1. The number of imidazole rings is 1. The molecule has 0 saturated heterocycles. The number of aliphatic carboxylic acids is 1. The highest BCUT2D eigenvalue weighted by Crippen LogP contribution is 2.23. The number of aromatic nitrogens is 2. The minimum atomic E-state index is -0.806. The number of nitrogens with zero attached hydrogens (tertiary/aromatic N) is 2. The molecule has 0 saturated carbocycles. The summed E-state index contributed by atoms with van der Waals surface area (Å²) < 4.78 is 1.89. The number of rotatable bonds is 3. The minimum absolute atomic E-state index is 0. The molecule has 16 heavy (non-hydrogen) atoms. The molecule has 0 fully saturated rings. The summed E-state index contributed by atoms with van der Waals surface area (Å²) in [6.07, 6.45) is 4.34. The van der Waals surface area contributed by atoms with Gasteiger partial charge < -0.3 is 5.11 Å². The van der Waals surface area contributed by atoms with Crippen LogP contribution in [-0.2, 0) is 4.79 Å². The maximum atomic E-state index is 11.0. The SMILES string of the molecule is Br.CCC(C(=O)O)c1cn2cc(C)sc2n1. The van der Waals surface area contributed by atoms with Crippen LogP contribution in [-0.4, -0.2) is 20.5 Å². The predicted octanol–water partition coefficient (Wildman–Crippen LogP) is 2.86. The van der Waals surface area contributed by atoms with E-state index in [0.717, 1.165) is 4.96 Å². The second-order valence-electron chi connectivity index (χ2n) is 3.50. The van der Waals surface area contributed by atoms with E-state index in [0.29, 0.717) is 12.1 Å². The van der Waals surface area contributed by atoms with Gasteiger partial charge in [-0.3, -0.25) is 9.20 Å². The number of fused-ring (bicyclic) bond motifs is 1. The molecule has 2 aromatic rings. The van der Waals surface area contributed by atoms with Crippen LogP contribution in [0.15, 0.2) is 12.4 Å². The van der Waals surface area contributed by atoms with Gasteiger partial charge in [0.25, 0.3) is 0 Å². The first kappa shape index (κ1) is 13.2. The Morgan fingerprint density at radius 2 is 2.31 bits per heavy atom. The number of carboxylic acid groups (broad SMARTS) is 1. The van der Waals surface area contributed by atoms with Gasteiger partial charge in [-0.05, 0) is 13.3 Å². The first-order valence-electron chi connectivity index (χ1n) is 4.79. The Balaban J connectivity index is 0.00000128. The monoisotopic (exact) mass is 304 g/mol. The van der Waals surface area contributed by atoms with Crippen molar-refractivity contribution in [3.63, 3.8) is 0 Å². The van der Waals surface area contributed by atoms with Crippen LogP contribution in [0.3, 0.4) is 0 Å². The van der Waals surface area contributed by atoms with Gasteiger partial charge in [-0.25, -0.2) is 4.98 Å². The highest BCUT2D eigenvalue weighted by molar-refractivity contribution is 8.93. The molecular weight excluding hydrogens is 292 g/mol. The quantitative estimate of drug-likeness (QED) is 0.948. The molecule has 88 valence electrons. The lowest BCUT2D eigenvalue weighted by Gasteiger charge is -2.04. The molecule has 1 N–H and O–H groups in total. The Kier molecular flexibility index (Phi) is 4.09. The molecule has 2 rings (SSSR count). The van der Waals surface area contributed by atoms with Gasteiger partial charge in [0.15, 0.2) is 4.96 Å². The van der Waals surface area contributed by atoms with Crippen molar-refractivity contribution in [3.05, 3.63) is 23.0 Å². The van der Waals surface area contributed by atoms with Gasteiger partial charge >= 0.3 is 5.97 Å². The lowest BCUT2D eigenvalue weighted by Crippen LogP contribution is -2.10. The number of aryl methyl sites for hydroxylation is 1. The molecule has 2 aromatic heterocycles. The molecule has 0 bridgehead atoms. The second kappa shape index (κ2) is 4.97. The summed E-state index contributed by atoms with van der Waals surface area (Å²) in [5.74, 6) is -1.29. The molecule has 0 aliphatic rings.